The lowest BCUT2D eigenvalue weighted by Crippen LogP contribution is -2.16. The number of aromatic nitrogens is 2. The van der Waals surface area contributed by atoms with Gasteiger partial charge >= 0.3 is 0 Å². The lowest BCUT2D eigenvalue weighted by Gasteiger charge is -2.12. The molecule has 3 aromatic heterocycles. The molecule has 1 amide bonds. The smallest absolute Gasteiger partial charge is 0.265 e. The molecular formula is C21H17N3O3S. The second-order valence-electron chi connectivity index (χ2n) is 6.23. The van der Waals surface area contributed by atoms with Crippen molar-refractivity contribution in [2.75, 3.05) is 5.32 Å². The van der Waals surface area contributed by atoms with E-state index in [1.54, 1.807) is 24.4 Å². The number of ether oxygens (including phenoxy) is 1. The first-order valence-corrected chi connectivity index (χ1v) is 9.54. The number of rotatable bonds is 5. The molecule has 140 valence electrons. The molecule has 4 rings (SSSR count). The van der Waals surface area contributed by atoms with Crippen LogP contribution in [0.1, 0.15) is 20.9 Å². The van der Waals surface area contributed by atoms with Crippen molar-refractivity contribution >= 4 is 28.6 Å². The van der Waals surface area contributed by atoms with E-state index in [0.717, 1.165) is 5.56 Å². The van der Waals surface area contributed by atoms with E-state index >= 15 is 0 Å². The molecule has 1 N–H and O–H groups in total. The van der Waals surface area contributed by atoms with Crippen molar-refractivity contribution in [1.29, 1.82) is 0 Å². The van der Waals surface area contributed by atoms with Gasteiger partial charge in [-0.25, -0.2) is 4.98 Å². The molecule has 1 aromatic carbocycles. The maximum Gasteiger partial charge on any atom is 0.265 e. The zero-order valence-electron chi connectivity index (χ0n) is 15.1. The lowest BCUT2D eigenvalue weighted by molar-refractivity contribution is 0.103. The van der Waals surface area contributed by atoms with Gasteiger partial charge in [-0.3, -0.25) is 14.0 Å². The highest BCUT2D eigenvalue weighted by molar-refractivity contribution is 7.12. The molecule has 0 radical (unpaired) electrons. The summed E-state index contributed by atoms with van der Waals surface area (Å²) in [7, 11) is 0. The zero-order chi connectivity index (χ0) is 19.5. The first kappa shape index (κ1) is 17.9. The van der Waals surface area contributed by atoms with Gasteiger partial charge in [-0.1, -0.05) is 18.2 Å². The Morgan fingerprint density at radius 3 is 2.86 bits per heavy atom. The predicted octanol–water partition coefficient (Wildman–Crippen LogP) is 3.90. The fourth-order valence-electron chi connectivity index (χ4n) is 2.77. The molecule has 0 saturated heterocycles. The Bertz CT molecular complexity index is 1200. The predicted molar refractivity (Wildman–Crippen MR) is 109 cm³/mol. The molecule has 0 saturated carbocycles. The number of aryl methyl sites for hydroxylation is 1. The van der Waals surface area contributed by atoms with E-state index in [0.29, 0.717) is 27.7 Å². The molecule has 0 aliphatic heterocycles. The second-order valence-corrected chi connectivity index (χ2v) is 7.18. The molecule has 7 heteroatoms. The number of hydrogen-bond acceptors (Lipinski definition) is 5. The van der Waals surface area contributed by atoms with Crippen LogP contribution in [0.4, 0.5) is 5.69 Å². The summed E-state index contributed by atoms with van der Waals surface area (Å²) < 4.78 is 7.35. The van der Waals surface area contributed by atoms with Gasteiger partial charge in [-0.2, -0.15) is 0 Å². The van der Waals surface area contributed by atoms with Crippen LogP contribution in [0.2, 0.25) is 0 Å². The maximum absolute atomic E-state index is 12.3. The second kappa shape index (κ2) is 7.66. The van der Waals surface area contributed by atoms with Gasteiger partial charge < -0.3 is 10.1 Å². The standard InChI is InChI=1S/C21H17N3O3S/c1-14-8-9-24-19(11-14)22-15(12-20(24)25)13-27-17-6-3-2-5-16(17)23-21(26)18-7-4-10-28-18/h2-12H,13H2,1H3,(H,23,26). The number of amides is 1. The number of carbonyl (C=O) groups excluding carboxylic acids is 1. The van der Waals surface area contributed by atoms with Gasteiger partial charge in [0, 0.05) is 12.3 Å². The normalized spacial score (nSPS) is 10.8. The molecular weight excluding hydrogens is 374 g/mol. The van der Waals surface area contributed by atoms with Crippen LogP contribution in [0.3, 0.4) is 0 Å². The van der Waals surface area contributed by atoms with Gasteiger partial charge in [0.15, 0.2) is 0 Å². The van der Waals surface area contributed by atoms with Crippen molar-refractivity contribution in [3.05, 3.63) is 92.7 Å². The third-order valence-corrected chi connectivity index (χ3v) is 5.00. The molecule has 0 spiro atoms. The first-order valence-electron chi connectivity index (χ1n) is 8.66. The number of anilines is 1. The average Bonchev–Trinajstić information content (AvgIpc) is 3.22. The van der Waals surface area contributed by atoms with Crippen molar-refractivity contribution in [2.24, 2.45) is 0 Å². The summed E-state index contributed by atoms with van der Waals surface area (Å²) in [6.45, 7) is 2.06. The Labute approximate surface area is 165 Å². The Kier molecular flexibility index (Phi) is 4.90. The number of nitrogens with zero attached hydrogens (tertiary/aromatic N) is 2. The van der Waals surface area contributed by atoms with Crippen LogP contribution in [-0.4, -0.2) is 15.3 Å². The van der Waals surface area contributed by atoms with Crippen LogP contribution in [0.15, 0.2) is 71.0 Å². The Hall–Kier alpha value is -3.45. The summed E-state index contributed by atoms with van der Waals surface area (Å²) in [5.74, 6) is 0.322. The monoisotopic (exact) mass is 391 g/mol. The Morgan fingerprint density at radius 2 is 2.04 bits per heavy atom. The minimum Gasteiger partial charge on any atom is -0.485 e. The SMILES string of the molecule is Cc1ccn2c(=O)cc(COc3ccccc3NC(=O)c3cccs3)nc2c1. The number of thiophene rings is 1. The third-order valence-electron chi connectivity index (χ3n) is 4.13. The summed E-state index contributed by atoms with van der Waals surface area (Å²) in [6, 6.07) is 15.9. The number of pyridine rings is 1. The van der Waals surface area contributed by atoms with Gasteiger partial charge in [0.05, 0.1) is 16.3 Å². The fourth-order valence-corrected chi connectivity index (χ4v) is 3.39. The molecule has 4 aromatic rings. The lowest BCUT2D eigenvalue weighted by atomic mass is 10.2. The summed E-state index contributed by atoms with van der Waals surface area (Å²) in [6.07, 6.45) is 1.71. The molecule has 0 aliphatic carbocycles. The molecule has 0 fully saturated rings. The van der Waals surface area contributed by atoms with Crippen LogP contribution >= 0.6 is 11.3 Å². The Morgan fingerprint density at radius 1 is 1.18 bits per heavy atom. The van der Waals surface area contributed by atoms with Crippen molar-refractivity contribution in [2.45, 2.75) is 13.5 Å². The average molecular weight is 391 g/mol. The fraction of sp³-hybridized carbons (Fsp3) is 0.0952. The van der Waals surface area contributed by atoms with Crippen LogP contribution < -0.4 is 15.6 Å². The highest BCUT2D eigenvalue weighted by Gasteiger charge is 2.11. The molecule has 0 unspecified atom stereocenters. The number of fused-ring (bicyclic) bond motifs is 1. The van der Waals surface area contributed by atoms with Gasteiger partial charge in [0.25, 0.3) is 11.5 Å². The molecule has 28 heavy (non-hydrogen) atoms. The van der Waals surface area contributed by atoms with Crippen molar-refractivity contribution in [1.82, 2.24) is 9.38 Å². The first-order chi connectivity index (χ1) is 13.6. The van der Waals surface area contributed by atoms with Crippen molar-refractivity contribution in [3.8, 4) is 5.75 Å². The Balaban J connectivity index is 1.55. The van der Waals surface area contributed by atoms with Crippen molar-refractivity contribution < 1.29 is 9.53 Å². The molecule has 3 heterocycles. The largest absolute Gasteiger partial charge is 0.485 e. The van der Waals surface area contributed by atoms with Crippen LogP contribution in [0.25, 0.3) is 5.65 Å². The van der Waals surface area contributed by atoms with Gasteiger partial charge in [-0.15, -0.1) is 11.3 Å². The highest BCUT2D eigenvalue weighted by atomic mass is 32.1. The quantitative estimate of drug-likeness (QED) is 0.560. The number of hydrogen-bond donors (Lipinski definition) is 1. The summed E-state index contributed by atoms with van der Waals surface area (Å²) in [5.41, 5.74) is 2.52. The van der Waals surface area contributed by atoms with E-state index < -0.39 is 0 Å². The molecule has 6 nitrogen and oxygen atoms in total. The third kappa shape index (κ3) is 3.79. The maximum atomic E-state index is 12.3. The summed E-state index contributed by atoms with van der Waals surface area (Å²) in [4.78, 5) is 29.7. The van der Waals surface area contributed by atoms with Crippen molar-refractivity contribution in [3.63, 3.8) is 0 Å². The minimum atomic E-state index is -0.191. The summed E-state index contributed by atoms with van der Waals surface area (Å²) in [5, 5.41) is 4.71. The highest BCUT2D eigenvalue weighted by Crippen LogP contribution is 2.25. The number of nitrogens with one attached hydrogen (secondary N) is 1. The number of carbonyl (C=O) groups is 1. The molecule has 0 bridgehead atoms. The minimum absolute atomic E-state index is 0.117. The van der Waals surface area contributed by atoms with Crippen LogP contribution in [0.5, 0.6) is 5.75 Å². The topological polar surface area (TPSA) is 72.7 Å². The van der Waals surface area contributed by atoms with E-state index in [2.05, 4.69) is 10.3 Å². The number of para-hydroxylation sites is 2. The zero-order valence-corrected chi connectivity index (χ0v) is 15.9. The van der Waals surface area contributed by atoms with E-state index in [9.17, 15) is 9.59 Å². The van der Waals surface area contributed by atoms with Gasteiger partial charge in [-0.05, 0) is 48.2 Å². The van der Waals surface area contributed by atoms with Gasteiger partial charge in [0.1, 0.15) is 18.0 Å². The molecule has 0 aliphatic rings. The van der Waals surface area contributed by atoms with E-state index in [-0.39, 0.29) is 18.1 Å². The molecule has 0 atom stereocenters. The van der Waals surface area contributed by atoms with E-state index in [4.69, 9.17) is 4.74 Å². The van der Waals surface area contributed by atoms with E-state index in [1.807, 2.05) is 42.6 Å². The number of benzene rings is 1. The van der Waals surface area contributed by atoms with Crippen LogP contribution in [-0.2, 0) is 6.61 Å². The summed E-state index contributed by atoms with van der Waals surface area (Å²) >= 11 is 1.37. The van der Waals surface area contributed by atoms with Gasteiger partial charge in [0.2, 0.25) is 0 Å². The van der Waals surface area contributed by atoms with Crippen LogP contribution in [0, 0.1) is 6.92 Å². The van der Waals surface area contributed by atoms with E-state index in [1.165, 1.54) is 21.8 Å².